The van der Waals surface area contributed by atoms with Crippen LogP contribution in [0.15, 0.2) is 24.0 Å². The zero-order valence-corrected chi connectivity index (χ0v) is 29.3. The highest BCUT2D eigenvalue weighted by Crippen LogP contribution is 2.63. The Kier molecular flexibility index (Phi) is 10.5. The molecule has 2 bridgehead atoms. The van der Waals surface area contributed by atoms with E-state index in [-0.39, 0.29) is 50.8 Å². The van der Waals surface area contributed by atoms with Crippen LogP contribution in [0.4, 0.5) is 4.79 Å². The van der Waals surface area contributed by atoms with Crippen LogP contribution in [0.2, 0.25) is 0 Å². The average molecular weight is 726 g/mol. The van der Waals surface area contributed by atoms with Crippen LogP contribution in [-0.4, -0.2) is 120 Å². The Bertz CT molecular complexity index is 1670. The fourth-order valence-corrected chi connectivity index (χ4v) is 8.95. The lowest BCUT2D eigenvalue weighted by atomic mass is 9.53. The number of guanidine groups is 1. The lowest BCUT2D eigenvalue weighted by Crippen LogP contribution is -2.63. The number of carbonyl (C=O) groups is 5. The summed E-state index contributed by atoms with van der Waals surface area (Å²) in [5, 5.41) is 33.9. The van der Waals surface area contributed by atoms with Crippen molar-refractivity contribution in [2.75, 3.05) is 40.3 Å². The Morgan fingerprint density at radius 2 is 1.96 bits per heavy atom. The van der Waals surface area contributed by atoms with Crippen molar-refractivity contribution in [3.63, 3.8) is 0 Å². The molecular formula is C35H47N7O10. The number of carbonyl (C=O) groups excluding carboxylic acids is 3. The molecule has 2 unspecified atom stereocenters. The van der Waals surface area contributed by atoms with Gasteiger partial charge in [0.2, 0.25) is 11.8 Å². The molecular weight excluding hydrogens is 678 g/mol. The number of hydrogen-bond donors (Lipinski definition) is 7. The van der Waals surface area contributed by atoms with Crippen molar-refractivity contribution in [1.82, 2.24) is 25.8 Å². The fraction of sp³-hybridized carbons (Fsp3) is 0.600. The van der Waals surface area contributed by atoms with Crippen molar-refractivity contribution < 1.29 is 48.4 Å². The molecule has 17 heteroatoms. The molecule has 2 fully saturated rings. The van der Waals surface area contributed by atoms with Gasteiger partial charge >= 0.3 is 18.0 Å². The number of nitrogens with one attached hydrogen (secondary N) is 4. The van der Waals surface area contributed by atoms with Crippen LogP contribution in [0.25, 0.3) is 0 Å². The standard InChI is InChI=1S/C35H47N7O10/c1-41-13-10-35-21-6-8-25(30(35)52-29-24(50-2)7-5-18(28(29)35)15-23(21)41)51-34(49)42-12-9-19(32(47)48)14-20(42)17-39-31(46)22(4-3-11-38-33(36)37)40-26(43)16-27(44)45/h5,7-8,19-23,30H,3-4,6,9-17H2,1-2H3,(H,39,46)(H,40,43)(H,44,45)(H,47,48)(H4,36,37,38)/t19?,20?,21-,22-,23+,30-,35-/m0/s1. The molecule has 0 aromatic heterocycles. The van der Waals surface area contributed by atoms with Crippen LogP contribution >= 0.6 is 0 Å². The summed E-state index contributed by atoms with van der Waals surface area (Å²) < 4.78 is 18.6. The van der Waals surface area contributed by atoms with E-state index in [0.29, 0.717) is 36.1 Å². The van der Waals surface area contributed by atoms with Gasteiger partial charge in [0.05, 0.1) is 19.1 Å². The number of likely N-dealkylation sites (N-methyl/N-ethyl adjacent to an activating group) is 1. The highest BCUT2D eigenvalue weighted by Gasteiger charge is 2.65. The molecule has 6 rings (SSSR count). The SMILES string of the molecule is COc1ccc2c3c1O[C@H]1C(OC(=O)N4CCC(C(=O)O)CC4CNC(=O)[C@H](CCCNC(=N)N)NC(=O)CC(=O)O)=CC[C@H]4[C@@H](C2)N(C)CC[C@]314. The lowest BCUT2D eigenvalue weighted by molar-refractivity contribution is -0.144. The van der Waals surface area contributed by atoms with Gasteiger partial charge < -0.3 is 55.9 Å². The summed E-state index contributed by atoms with van der Waals surface area (Å²) >= 11 is 0. The second-order valence-electron chi connectivity index (χ2n) is 14.3. The van der Waals surface area contributed by atoms with E-state index in [1.54, 1.807) is 7.11 Å². The predicted octanol–water partition coefficient (Wildman–Crippen LogP) is 0.499. The zero-order valence-electron chi connectivity index (χ0n) is 29.3. The minimum Gasteiger partial charge on any atom is -0.493 e. The Hall–Kier alpha value is -5.06. The number of aliphatic carboxylic acids is 2. The second-order valence-corrected chi connectivity index (χ2v) is 14.3. The number of nitrogens with zero attached hydrogens (tertiary/aromatic N) is 2. The first-order chi connectivity index (χ1) is 24.8. The zero-order chi connectivity index (χ0) is 37.3. The third-order valence-electron chi connectivity index (χ3n) is 11.4. The first-order valence-corrected chi connectivity index (χ1v) is 17.7. The van der Waals surface area contributed by atoms with E-state index in [4.69, 9.17) is 30.5 Å². The minimum absolute atomic E-state index is 0.0499. The molecule has 0 radical (unpaired) electrons. The summed E-state index contributed by atoms with van der Waals surface area (Å²) in [6.45, 7) is 1.02. The third kappa shape index (κ3) is 6.92. The van der Waals surface area contributed by atoms with E-state index in [1.807, 2.05) is 12.1 Å². The molecule has 282 valence electrons. The van der Waals surface area contributed by atoms with Crippen LogP contribution in [0, 0.1) is 17.2 Å². The van der Waals surface area contributed by atoms with Gasteiger partial charge in [0.25, 0.3) is 0 Å². The molecule has 3 heterocycles. The monoisotopic (exact) mass is 725 g/mol. The number of carboxylic acids is 2. The van der Waals surface area contributed by atoms with E-state index < -0.39 is 65.8 Å². The largest absolute Gasteiger partial charge is 0.493 e. The van der Waals surface area contributed by atoms with Crippen molar-refractivity contribution >= 4 is 35.8 Å². The quantitative estimate of drug-likeness (QED) is 0.0635. The second kappa shape index (κ2) is 14.9. The first kappa shape index (κ1) is 36.7. The number of rotatable bonds is 13. The summed E-state index contributed by atoms with van der Waals surface area (Å²) in [6, 6.07) is 2.44. The van der Waals surface area contributed by atoms with E-state index in [9.17, 15) is 29.1 Å². The molecule has 8 N–H and O–H groups in total. The Morgan fingerprint density at radius 1 is 1.17 bits per heavy atom. The molecule has 2 aliphatic carbocycles. The summed E-state index contributed by atoms with van der Waals surface area (Å²) in [4.78, 5) is 66.6. The number of amides is 3. The van der Waals surface area contributed by atoms with Crippen LogP contribution in [0.1, 0.15) is 56.1 Å². The number of piperidine rings is 2. The first-order valence-electron chi connectivity index (χ1n) is 17.7. The molecule has 0 saturated carbocycles. The summed E-state index contributed by atoms with van der Waals surface area (Å²) in [7, 11) is 3.75. The van der Waals surface area contributed by atoms with E-state index in [1.165, 1.54) is 10.5 Å². The summed E-state index contributed by atoms with van der Waals surface area (Å²) in [6.07, 6.45) is 2.89. The summed E-state index contributed by atoms with van der Waals surface area (Å²) in [5.41, 5.74) is 7.26. The molecule has 52 heavy (non-hydrogen) atoms. The topological polar surface area (TPSA) is 246 Å². The molecule has 2 saturated heterocycles. The van der Waals surface area contributed by atoms with Gasteiger partial charge in [-0.25, -0.2) is 4.79 Å². The van der Waals surface area contributed by atoms with Gasteiger partial charge in [0.15, 0.2) is 23.6 Å². The molecule has 17 nitrogen and oxygen atoms in total. The van der Waals surface area contributed by atoms with Gasteiger partial charge in [0, 0.05) is 36.7 Å². The van der Waals surface area contributed by atoms with E-state index in [2.05, 4.69) is 34.0 Å². The van der Waals surface area contributed by atoms with Crippen molar-refractivity contribution in [1.29, 1.82) is 5.41 Å². The molecule has 5 aliphatic rings. The number of allylic oxidation sites excluding steroid dienone is 1. The van der Waals surface area contributed by atoms with Gasteiger partial charge in [-0.1, -0.05) is 6.07 Å². The Labute approximate surface area is 300 Å². The number of hydrogen-bond acceptors (Lipinski definition) is 10. The van der Waals surface area contributed by atoms with E-state index in [0.717, 1.165) is 24.9 Å². The number of carboxylic acid groups (broad SMARTS) is 2. The summed E-state index contributed by atoms with van der Waals surface area (Å²) in [5.74, 6) is -2.94. The predicted molar refractivity (Wildman–Crippen MR) is 184 cm³/mol. The van der Waals surface area contributed by atoms with Crippen LogP contribution in [0.3, 0.4) is 0 Å². The normalized spacial score (nSPS) is 27.5. The Morgan fingerprint density at radius 3 is 2.67 bits per heavy atom. The number of benzene rings is 1. The fourth-order valence-electron chi connectivity index (χ4n) is 8.95. The number of methoxy groups -OCH3 is 1. The maximum Gasteiger partial charge on any atom is 0.415 e. The number of nitrogens with two attached hydrogens (primary N) is 1. The van der Waals surface area contributed by atoms with E-state index >= 15 is 0 Å². The highest BCUT2D eigenvalue weighted by atomic mass is 16.6. The van der Waals surface area contributed by atoms with Crippen molar-refractivity contribution in [2.45, 2.75) is 81.0 Å². The van der Waals surface area contributed by atoms with Gasteiger partial charge in [0.1, 0.15) is 18.2 Å². The van der Waals surface area contributed by atoms with Crippen LogP contribution in [0.5, 0.6) is 11.5 Å². The molecule has 3 aliphatic heterocycles. The van der Waals surface area contributed by atoms with Crippen LogP contribution in [-0.2, 0) is 35.8 Å². The Balaban J connectivity index is 1.19. The third-order valence-corrected chi connectivity index (χ3v) is 11.4. The van der Waals surface area contributed by atoms with Crippen molar-refractivity contribution in [3.8, 4) is 11.5 Å². The van der Waals surface area contributed by atoms with Crippen molar-refractivity contribution in [2.24, 2.45) is 17.6 Å². The molecule has 1 aromatic rings. The maximum absolute atomic E-state index is 14.0. The van der Waals surface area contributed by atoms with Gasteiger partial charge in [-0.05, 0) is 82.2 Å². The molecule has 1 aromatic carbocycles. The lowest BCUT2D eigenvalue weighted by Gasteiger charge is -2.56. The van der Waals surface area contributed by atoms with Gasteiger partial charge in [-0.15, -0.1) is 0 Å². The van der Waals surface area contributed by atoms with Gasteiger partial charge in [-0.3, -0.25) is 24.6 Å². The van der Waals surface area contributed by atoms with Crippen LogP contribution < -0.4 is 31.2 Å². The number of ether oxygens (including phenoxy) is 3. The maximum atomic E-state index is 14.0. The minimum atomic E-state index is -1.36. The smallest absolute Gasteiger partial charge is 0.415 e. The molecule has 1 spiro atoms. The van der Waals surface area contributed by atoms with Crippen molar-refractivity contribution in [3.05, 3.63) is 35.1 Å². The highest BCUT2D eigenvalue weighted by molar-refractivity contribution is 5.96. The van der Waals surface area contributed by atoms with Gasteiger partial charge in [-0.2, -0.15) is 0 Å². The number of likely N-dealkylation sites (tertiary alicyclic amines) is 2. The molecule has 7 atom stereocenters. The average Bonchev–Trinajstić information content (AvgIpc) is 3.45. The molecule has 3 amide bonds.